The number of esters is 1. The van der Waals surface area contributed by atoms with Gasteiger partial charge in [-0.05, 0) is 24.3 Å². The van der Waals surface area contributed by atoms with Gasteiger partial charge in [-0.3, -0.25) is 14.4 Å². The Labute approximate surface area is 138 Å². The first kappa shape index (κ1) is 17.2. The van der Waals surface area contributed by atoms with Crippen molar-refractivity contribution >= 4 is 29.4 Å². The van der Waals surface area contributed by atoms with E-state index in [1.54, 1.807) is 29.2 Å². The van der Waals surface area contributed by atoms with E-state index >= 15 is 0 Å². The van der Waals surface area contributed by atoms with Crippen molar-refractivity contribution in [3.63, 3.8) is 0 Å². The Morgan fingerprint density at radius 1 is 1.17 bits per heavy atom. The molecule has 8 heteroatoms. The number of nitrogens with zero attached hydrogens (tertiary/aromatic N) is 1. The maximum absolute atomic E-state index is 11.8. The molecule has 0 bridgehead atoms. The van der Waals surface area contributed by atoms with Crippen LogP contribution < -0.4 is 5.32 Å². The number of carbonyl (C=O) groups is 3. The van der Waals surface area contributed by atoms with Gasteiger partial charge in [0, 0.05) is 23.7 Å². The first-order valence-electron chi connectivity index (χ1n) is 7.11. The van der Waals surface area contributed by atoms with Crippen LogP contribution in [0.2, 0.25) is 5.02 Å². The summed E-state index contributed by atoms with van der Waals surface area (Å²) >= 11 is 5.73. The van der Waals surface area contributed by atoms with Crippen molar-refractivity contribution in [1.29, 1.82) is 0 Å². The molecule has 1 saturated heterocycles. The fraction of sp³-hybridized carbons (Fsp3) is 0.400. The van der Waals surface area contributed by atoms with E-state index in [1.165, 1.54) is 0 Å². The van der Waals surface area contributed by atoms with E-state index in [-0.39, 0.29) is 19.1 Å². The van der Waals surface area contributed by atoms with E-state index in [1.807, 2.05) is 0 Å². The van der Waals surface area contributed by atoms with Gasteiger partial charge in [-0.1, -0.05) is 11.6 Å². The highest BCUT2D eigenvalue weighted by Crippen LogP contribution is 2.09. The van der Waals surface area contributed by atoms with E-state index in [9.17, 15) is 14.4 Å². The maximum atomic E-state index is 11.8. The number of ether oxygens (including phenoxy) is 2. The van der Waals surface area contributed by atoms with Gasteiger partial charge in [-0.15, -0.1) is 0 Å². The van der Waals surface area contributed by atoms with Crippen LogP contribution in [0.4, 0.5) is 0 Å². The minimum absolute atomic E-state index is 0.273. The Balaban J connectivity index is 1.69. The smallest absolute Gasteiger partial charge is 0.325 e. The van der Waals surface area contributed by atoms with Crippen LogP contribution in [-0.2, 0) is 19.1 Å². The third-order valence-electron chi connectivity index (χ3n) is 3.22. The quantitative estimate of drug-likeness (QED) is 0.788. The van der Waals surface area contributed by atoms with Crippen LogP contribution >= 0.6 is 11.6 Å². The van der Waals surface area contributed by atoms with Crippen LogP contribution in [0.5, 0.6) is 0 Å². The van der Waals surface area contributed by atoms with Crippen LogP contribution in [0.15, 0.2) is 24.3 Å². The van der Waals surface area contributed by atoms with E-state index in [0.717, 1.165) is 0 Å². The van der Waals surface area contributed by atoms with Crippen LogP contribution in [-0.4, -0.2) is 62.1 Å². The molecule has 2 rings (SSSR count). The second kappa shape index (κ2) is 8.50. The minimum Gasteiger partial charge on any atom is -0.454 e. The lowest BCUT2D eigenvalue weighted by atomic mass is 10.2. The molecule has 124 valence electrons. The second-order valence-corrected chi connectivity index (χ2v) is 5.28. The summed E-state index contributed by atoms with van der Waals surface area (Å²) in [6, 6.07) is 6.25. The highest BCUT2D eigenvalue weighted by molar-refractivity contribution is 6.30. The number of hydrogen-bond acceptors (Lipinski definition) is 5. The van der Waals surface area contributed by atoms with Crippen molar-refractivity contribution in [3.8, 4) is 0 Å². The second-order valence-electron chi connectivity index (χ2n) is 4.84. The molecule has 1 aromatic carbocycles. The summed E-state index contributed by atoms with van der Waals surface area (Å²) in [6.07, 6.45) is 0. The van der Waals surface area contributed by atoms with E-state index in [2.05, 4.69) is 5.32 Å². The molecular formula is C15H17ClN2O5. The number of carbonyl (C=O) groups excluding carboxylic acids is 3. The molecule has 0 radical (unpaired) electrons. The SMILES string of the molecule is O=C(CNC(=O)c1ccc(Cl)cc1)OCC(=O)N1CCOCC1. The van der Waals surface area contributed by atoms with E-state index < -0.39 is 11.9 Å². The summed E-state index contributed by atoms with van der Waals surface area (Å²) < 4.78 is 9.99. The summed E-state index contributed by atoms with van der Waals surface area (Å²) in [4.78, 5) is 36.7. The van der Waals surface area contributed by atoms with Gasteiger partial charge in [0.1, 0.15) is 6.54 Å². The van der Waals surface area contributed by atoms with E-state index in [0.29, 0.717) is 36.9 Å². The number of halogens is 1. The molecule has 0 aliphatic carbocycles. The third kappa shape index (κ3) is 5.54. The molecule has 0 unspecified atom stereocenters. The van der Waals surface area contributed by atoms with Gasteiger partial charge in [0.05, 0.1) is 13.2 Å². The summed E-state index contributed by atoms with van der Waals surface area (Å²) in [6.45, 7) is 1.30. The van der Waals surface area contributed by atoms with Gasteiger partial charge >= 0.3 is 5.97 Å². The Kier molecular flexibility index (Phi) is 6.37. The molecule has 1 aliphatic heterocycles. The molecule has 1 aliphatic rings. The fourth-order valence-corrected chi connectivity index (χ4v) is 2.08. The van der Waals surface area contributed by atoms with Crippen LogP contribution in [0.3, 0.4) is 0 Å². The third-order valence-corrected chi connectivity index (χ3v) is 3.47. The first-order valence-corrected chi connectivity index (χ1v) is 7.49. The molecule has 7 nitrogen and oxygen atoms in total. The lowest BCUT2D eigenvalue weighted by Gasteiger charge is -2.26. The Bertz CT molecular complexity index is 570. The molecule has 1 N–H and O–H groups in total. The zero-order chi connectivity index (χ0) is 16.7. The highest BCUT2D eigenvalue weighted by Gasteiger charge is 2.18. The molecule has 1 fully saturated rings. The molecule has 1 heterocycles. The summed E-state index contributed by atoms with van der Waals surface area (Å²) in [5, 5.41) is 2.94. The minimum atomic E-state index is -0.672. The summed E-state index contributed by atoms with van der Waals surface area (Å²) in [5.74, 6) is -1.36. The Morgan fingerprint density at radius 3 is 2.48 bits per heavy atom. The van der Waals surface area contributed by atoms with Gasteiger partial charge in [-0.2, -0.15) is 0 Å². The lowest BCUT2D eigenvalue weighted by molar-refractivity contribution is -0.152. The van der Waals surface area contributed by atoms with Crippen molar-refractivity contribution < 1.29 is 23.9 Å². The largest absolute Gasteiger partial charge is 0.454 e. The van der Waals surface area contributed by atoms with Gasteiger partial charge in [0.15, 0.2) is 6.61 Å². The number of benzene rings is 1. The molecule has 23 heavy (non-hydrogen) atoms. The monoisotopic (exact) mass is 340 g/mol. The Morgan fingerprint density at radius 2 is 1.83 bits per heavy atom. The number of amides is 2. The van der Waals surface area contributed by atoms with Gasteiger partial charge < -0.3 is 19.7 Å². The molecular weight excluding hydrogens is 324 g/mol. The van der Waals surface area contributed by atoms with Gasteiger partial charge in [-0.25, -0.2) is 0 Å². The summed E-state index contributed by atoms with van der Waals surface area (Å²) in [7, 11) is 0. The highest BCUT2D eigenvalue weighted by atomic mass is 35.5. The van der Waals surface area contributed by atoms with Crippen molar-refractivity contribution in [1.82, 2.24) is 10.2 Å². The zero-order valence-corrected chi connectivity index (χ0v) is 13.2. The van der Waals surface area contributed by atoms with Crippen LogP contribution in [0.1, 0.15) is 10.4 Å². The van der Waals surface area contributed by atoms with Crippen LogP contribution in [0, 0.1) is 0 Å². The van der Waals surface area contributed by atoms with Crippen molar-refractivity contribution in [2.75, 3.05) is 39.5 Å². The number of nitrogens with one attached hydrogen (secondary N) is 1. The fourth-order valence-electron chi connectivity index (χ4n) is 1.95. The van der Waals surface area contributed by atoms with Gasteiger partial charge in [0.2, 0.25) is 0 Å². The topological polar surface area (TPSA) is 84.9 Å². The normalized spacial score (nSPS) is 14.2. The average molecular weight is 341 g/mol. The number of rotatable bonds is 5. The van der Waals surface area contributed by atoms with E-state index in [4.69, 9.17) is 21.1 Å². The zero-order valence-electron chi connectivity index (χ0n) is 12.4. The molecule has 0 atom stereocenters. The summed E-state index contributed by atoms with van der Waals surface area (Å²) in [5.41, 5.74) is 0.381. The van der Waals surface area contributed by atoms with Crippen molar-refractivity contribution in [2.24, 2.45) is 0 Å². The average Bonchev–Trinajstić information content (AvgIpc) is 2.59. The molecule has 0 spiro atoms. The molecule has 1 aromatic rings. The molecule has 0 aromatic heterocycles. The molecule has 0 saturated carbocycles. The van der Waals surface area contributed by atoms with Crippen molar-refractivity contribution in [2.45, 2.75) is 0 Å². The molecule has 2 amide bonds. The Hall–Kier alpha value is -2.12. The standard InChI is InChI=1S/C15H17ClN2O5/c16-12-3-1-11(2-4-12)15(21)17-9-14(20)23-10-13(19)18-5-7-22-8-6-18/h1-4H,5-10H2,(H,17,21). The number of hydrogen-bond donors (Lipinski definition) is 1. The van der Waals surface area contributed by atoms with Gasteiger partial charge in [0.25, 0.3) is 11.8 Å². The lowest BCUT2D eigenvalue weighted by Crippen LogP contribution is -2.43. The first-order chi connectivity index (χ1) is 11.1. The van der Waals surface area contributed by atoms with Crippen molar-refractivity contribution in [3.05, 3.63) is 34.9 Å². The van der Waals surface area contributed by atoms with Crippen LogP contribution in [0.25, 0.3) is 0 Å². The predicted molar refractivity (Wildman–Crippen MR) is 82.1 cm³/mol. The predicted octanol–water partition coefficient (Wildman–Crippen LogP) is 0.472. The maximum Gasteiger partial charge on any atom is 0.325 e. The number of morpholine rings is 1.